The molecule has 3 aromatic carbocycles. The van der Waals surface area contributed by atoms with Crippen LogP contribution in [-0.4, -0.2) is 50.9 Å². The highest BCUT2D eigenvalue weighted by Gasteiger charge is 2.23. The van der Waals surface area contributed by atoms with Crippen molar-refractivity contribution in [3.05, 3.63) is 101 Å². The molecule has 2 unspecified atom stereocenters. The molecule has 7 nitrogen and oxygen atoms in total. The Morgan fingerprint density at radius 3 is 2.38 bits per heavy atom. The second kappa shape index (κ2) is 13.4. The van der Waals surface area contributed by atoms with Crippen LogP contribution in [0, 0.1) is 6.92 Å². The van der Waals surface area contributed by atoms with Crippen LogP contribution in [0.2, 0.25) is 0 Å². The van der Waals surface area contributed by atoms with Crippen molar-refractivity contribution in [3.8, 4) is 0 Å². The first-order valence-corrected chi connectivity index (χ1v) is 14.2. The smallest absolute Gasteiger partial charge is 0.251 e. The number of carbonyl (C=O) groups excluding carboxylic acids is 1. The van der Waals surface area contributed by atoms with Crippen molar-refractivity contribution < 1.29 is 18.3 Å². The van der Waals surface area contributed by atoms with Crippen molar-refractivity contribution in [3.63, 3.8) is 0 Å². The van der Waals surface area contributed by atoms with Crippen molar-refractivity contribution in [1.29, 1.82) is 0 Å². The maximum atomic E-state index is 13.2. The van der Waals surface area contributed by atoms with Gasteiger partial charge in [0, 0.05) is 25.7 Å². The molecule has 0 bridgehead atoms. The summed E-state index contributed by atoms with van der Waals surface area (Å²) in [6, 6.07) is 23.8. The van der Waals surface area contributed by atoms with Crippen LogP contribution in [0.1, 0.15) is 40.4 Å². The van der Waals surface area contributed by atoms with Crippen LogP contribution in [0.3, 0.4) is 0 Å². The normalized spacial score (nSPS) is 13.1. The maximum absolute atomic E-state index is 13.2. The third-order valence-electron chi connectivity index (χ3n) is 6.20. The molecule has 0 radical (unpaired) electrons. The van der Waals surface area contributed by atoms with Gasteiger partial charge >= 0.3 is 0 Å². The van der Waals surface area contributed by atoms with Crippen molar-refractivity contribution >= 4 is 21.6 Å². The number of rotatable bonds is 13. The molecule has 0 aliphatic heterocycles. The van der Waals surface area contributed by atoms with Gasteiger partial charge in [-0.3, -0.25) is 9.10 Å². The van der Waals surface area contributed by atoms with E-state index in [2.05, 4.69) is 16.7 Å². The van der Waals surface area contributed by atoms with E-state index in [1.165, 1.54) is 16.9 Å². The zero-order valence-corrected chi connectivity index (χ0v) is 22.5. The molecule has 198 valence electrons. The number of aryl methyl sites for hydroxylation is 1. The monoisotopic (exact) mass is 523 g/mol. The van der Waals surface area contributed by atoms with Crippen LogP contribution in [0.15, 0.2) is 78.9 Å². The average molecular weight is 524 g/mol. The molecule has 1 amide bonds. The van der Waals surface area contributed by atoms with Crippen LogP contribution >= 0.6 is 0 Å². The van der Waals surface area contributed by atoms with Gasteiger partial charge in [-0.15, -0.1) is 0 Å². The molecule has 8 heteroatoms. The Morgan fingerprint density at radius 2 is 1.68 bits per heavy atom. The highest BCUT2D eigenvalue weighted by molar-refractivity contribution is 7.92. The van der Waals surface area contributed by atoms with Crippen molar-refractivity contribution in [2.75, 3.05) is 23.7 Å². The van der Waals surface area contributed by atoms with E-state index < -0.39 is 22.2 Å². The summed E-state index contributed by atoms with van der Waals surface area (Å²) < 4.78 is 26.2. The van der Waals surface area contributed by atoms with E-state index in [0.29, 0.717) is 37.2 Å². The number of aliphatic hydroxyl groups excluding tert-OH is 1. The second-order valence-electron chi connectivity index (χ2n) is 9.29. The molecular formula is C29H37N3O4S. The lowest BCUT2D eigenvalue weighted by atomic mass is 10.00. The van der Waals surface area contributed by atoms with Crippen molar-refractivity contribution in [2.24, 2.45) is 0 Å². The summed E-state index contributed by atoms with van der Waals surface area (Å²) in [7, 11) is -1.98. The summed E-state index contributed by atoms with van der Waals surface area (Å²) in [6.07, 6.45) is 0.110. The van der Waals surface area contributed by atoms with Gasteiger partial charge in [-0.2, -0.15) is 0 Å². The summed E-state index contributed by atoms with van der Waals surface area (Å²) in [5, 5.41) is 17.3. The minimum absolute atomic E-state index is 0.0286. The van der Waals surface area contributed by atoms with Gasteiger partial charge in [0.25, 0.3) is 5.91 Å². The first-order valence-electron chi connectivity index (χ1n) is 12.6. The molecule has 37 heavy (non-hydrogen) atoms. The summed E-state index contributed by atoms with van der Waals surface area (Å²) in [4.78, 5) is 13.2. The number of benzene rings is 3. The Kier molecular flexibility index (Phi) is 10.3. The molecule has 0 aliphatic carbocycles. The van der Waals surface area contributed by atoms with E-state index in [1.807, 2.05) is 62.4 Å². The molecule has 0 aromatic heterocycles. The van der Waals surface area contributed by atoms with E-state index in [9.17, 15) is 18.3 Å². The Morgan fingerprint density at radius 1 is 0.973 bits per heavy atom. The number of amides is 1. The second-order valence-corrected chi connectivity index (χ2v) is 11.4. The fourth-order valence-electron chi connectivity index (χ4n) is 4.13. The van der Waals surface area contributed by atoms with E-state index in [-0.39, 0.29) is 11.7 Å². The highest BCUT2D eigenvalue weighted by Crippen LogP contribution is 2.19. The number of hydrogen-bond donors (Lipinski definition) is 3. The Balaban J connectivity index is 1.72. The van der Waals surface area contributed by atoms with Gasteiger partial charge in [-0.25, -0.2) is 8.42 Å². The molecule has 0 saturated carbocycles. The molecule has 0 aliphatic rings. The number of hydrogen-bond acceptors (Lipinski definition) is 5. The standard InChI is InChI=1S/C29H37N3O4S/c1-4-16-37(35,36)32(3)26-15-9-14-25(19-26)29(34)31-27(18-23-11-6-5-7-12-23)28(33)21-30-20-24-13-8-10-22(2)17-24/h5-15,17,19,27-28,30,33H,4,16,18,20-21H2,1-3H3,(H,31,34). The summed E-state index contributed by atoms with van der Waals surface area (Å²) in [5.41, 5.74) is 4.03. The fourth-order valence-corrected chi connectivity index (χ4v) is 5.35. The molecule has 0 fully saturated rings. The zero-order valence-electron chi connectivity index (χ0n) is 21.7. The molecule has 3 rings (SSSR count). The Hall–Kier alpha value is -3.20. The number of sulfonamides is 1. The highest BCUT2D eigenvalue weighted by atomic mass is 32.2. The molecule has 2 atom stereocenters. The molecule has 0 heterocycles. The third kappa shape index (κ3) is 8.42. The quantitative estimate of drug-likeness (QED) is 0.318. The van der Waals surface area contributed by atoms with Crippen LogP contribution in [0.4, 0.5) is 5.69 Å². The van der Waals surface area contributed by atoms with Gasteiger partial charge in [0.2, 0.25) is 10.0 Å². The number of nitrogens with zero attached hydrogens (tertiary/aromatic N) is 1. The van der Waals surface area contributed by atoms with Crippen molar-refractivity contribution in [2.45, 2.75) is 45.4 Å². The van der Waals surface area contributed by atoms with Crippen LogP contribution in [0.5, 0.6) is 0 Å². The number of nitrogens with one attached hydrogen (secondary N) is 2. The van der Waals surface area contributed by atoms with E-state index in [1.54, 1.807) is 24.3 Å². The maximum Gasteiger partial charge on any atom is 0.251 e. The topological polar surface area (TPSA) is 98.7 Å². The van der Waals surface area contributed by atoms with Crippen LogP contribution in [0.25, 0.3) is 0 Å². The van der Waals surface area contributed by atoms with E-state index >= 15 is 0 Å². The predicted molar refractivity (Wildman–Crippen MR) is 149 cm³/mol. The van der Waals surface area contributed by atoms with Gasteiger partial charge in [0.1, 0.15) is 0 Å². The number of aliphatic hydroxyl groups is 1. The molecule has 0 spiro atoms. The van der Waals surface area contributed by atoms with Gasteiger partial charge in [0.15, 0.2) is 0 Å². The minimum Gasteiger partial charge on any atom is -0.390 e. The Bertz CT molecular complexity index is 1260. The first-order chi connectivity index (χ1) is 17.7. The zero-order chi connectivity index (χ0) is 26.8. The average Bonchev–Trinajstić information content (AvgIpc) is 2.88. The molecule has 3 aromatic rings. The van der Waals surface area contributed by atoms with E-state index in [4.69, 9.17) is 0 Å². The lowest BCUT2D eigenvalue weighted by Crippen LogP contribution is -2.48. The summed E-state index contributed by atoms with van der Waals surface area (Å²) in [6.45, 7) is 4.74. The lowest BCUT2D eigenvalue weighted by Gasteiger charge is -2.25. The number of anilines is 1. The largest absolute Gasteiger partial charge is 0.390 e. The SMILES string of the molecule is CCCS(=O)(=O)N(C)c1cccc(C(=O)NC(Cc2ccccc2)C(O)CNCc2cccc(C)c2)c1. The Labute approximate surface area is 220 Å². The van der Waals surface area contributed by atoms with E-state index in [0.717, 1.165) is 11.1 Å². The third-order valence-corrected chi connectivity index (χ3v) is 8.17. The van der Waals surface area contributed by atoms with Gasteiger partial charge in [0.05, 0.1) is 23.6 Å². The van der Waals surface area contributed by atoms with Gasteiger partial charge in [-0.1, -0.05) is 73.2 Å². The number of carbonyl (C=O) groups is 1. The fraction of sp³-hybridized carbons (Fsp3) is 0.345. The predicted octanol–water partition coefficient (Wildman–Crippen LogP) is 3.66. The molecule has 3 N–H and O–H groups in total. The molecule has 0 saturated heterocycles. The molecular weight excluding hydrogens is 486 g/mol. The lowest BCUT2D eigenvalue weighted by molar-refractivity contribution is 0.0830. The summed E-state index contributed by atoms with van der Waals surface area (Å²) >= 11 is 0. The van der Waals surface area contributed by atoms with Crippen LogP contribution in [-0.2, 0) is 23.0 Å². The van der Waals surface area contributed by atoms with Gasteiger partial charge in [-0.05, 0) is 49.1 Å². The minimum atomic E-state index is -3.47. The summed E-state index contributed by atoms with van der Waals surface area (Å²) in [5.74, 6) is -0.345. The van der Waals surface area contributed by atoms with Crippen molar-refractivity contribution in [1.82, 2.24) is 10.6 Å². The van der Waals surface area contributed by atoms with Gasteiger partial charge < -0.3 is 15.7 Å². The van der Waals surface area contributed by atoms with Crippen LogP contribution < -0.4 is 14.9 Å². The first kappa shape index (κ1) is 28.4.